The Balaban J connectivity index is 1.91. The molecule has 0 radical (unpaired) electrons. The van der Waals surface area contributed by atoms with E-state index in [1.807, 2.05) is 18.7 Å². The van der Waals surface area contributed by atoms with E-state index in [-0.39, 0.29) is 11.7 Å². The second-order valence-corrected chi connectivity index (χ2v) is 5.96. The van der Waals surface area contributed by atoms with E-state index in [0.29, 0.717) is 5.69 Å². The number of nitrogens with zero attached hydrogens (tertiary/aromatic N) is 2. The topological polar surface area (TPSA) is 36.4 Å². The molecule has 0 spiro atoms. The van der Waals surface area contributed by atoms with Crippen LogP contribution in [0, 0.1) is 11.7 Å². The predicted octanol–water partition coefficient (Wildman–Crippen LogP) is 1.94. The highest BCUT2D eigenvalue weighted by molar-refractivity contribution is 7.99. The minimum absolute atomic E-state index is 0.103. The van der Waals surface area contributed by atoms with Crippen molar-refractivity contribution in [1.82, 2.24) is 9.88 Å². The normalized spacial score (nSPS) is 20.6. The van der Waals surface area contributed by atoms with E-state index < -0.39 is 6.10 Å². The van der Waals surface area contributed by atoms with Crippen LogP contribution in [0.2, 0.25) is 0 Å². The quantitative estimate of drug-likeness (QED) is 0.907. The van der Waals surface area contributed by atoms with E-state index in [1.54, 1.807) is 6.07 Å². The number of rotatable bonds is 4. The third kappa shape index (κ3) is 3.67. The molecule has 0 aromatic carbocycles. The van der Waals surface area contributed by atoms with Crippen molar-refractivity contribution in [3.8, 4) is 0 Å². The summed E-state index contributed by atoms with van der Waals surface area (Å²) < 4.78 is 12.8. The van der Waals surface area contributed by atoms with Gasteiger partial charge in [-0.1, -0.05) is 6.92 Å². The van der Waals surface area contributed by atoms with Gasteiger partial charge in [0.05, 0.1) is 18.0 Å². The second kappa shape index (κ2) is 6.50. The maximum Gasteiger partial charge on any atom is 0.141 e. The van der Waals surface area contributed by atoms with Crippen LogP contribution in [0.4, 0.5) is 4.39 Å². The number of aromatic nitrogens is 1. The van der Waals surface area contributed by atoms with Gasteiger partial charge in [-0.2, -0.15) is 11.8 Å². The van der Waals surface area contributed by atoms with E-state index in [0.717, 1.165) is 37.3 Å². The van der Waals surface area contributed by atoms with Gasteiger partial charge in [-0.15, -0.1) is 0 Å². The summed E-state index contributed by atoms with van der Waals surface area (Å²) in [4.78, 5) is 6.31. The molecule has 2 rings (SSSR count). The summed E-state index contributed by atoms with van der Waals surface area (Å²) in [6.07, 6.45) is 0.531. The molecule has 3 nitrogen and oxygen atoms in total. The number of aliphatic hydroxyl groups excluding tert-OH is 1. The van der Waals surface area contributed by atoms with E-state index in [9.17, 15) is 9.50 Å². The zero-order chi connectivity index (χ0) is 13.0. The molecule has 2 heterocycles. The first-order chi connectivity index (χ1) is 8.66. The van der Waals surface area contributed by atoms with Gasteiger partial charge in [-0.25, -0.2) is 4.39 Å². The number of aliphatic hydroxyl groups is 1. The molecule has 0 bridgehead atoms. The zero-order valence-corrected chi connectivity index (χ0v) is 11.4. The summed E-state index contributed by atoms with van der Waals surface area (Å²) in [7, 11) is 0. The van der Waals surface area contributed by atoms with Crippen LogP contribution in [-0.4, -0.2) is 46.1 Å². The summed E-state index contributed by atoms with van der Waals surface area (Å²) in [5, 5.41) is 10.2. The van der Waals surface area contributed by atoms with Gasteiger partial charge < -0.3 is 10.0 Å². The molecule has 0 amide bonds. The fourth-order valence-electron chi connectivity index (χ4n) is 2.14. The van der Waals surface area contributed by atoms with Crippen LogP contribution in [-0.2, 0) is 0 Å². The van der Waals surface area contributed by atoms with Crippen molar-refractivity contribution in [2.45, 2.75) is 13.0 Å². The van der Waals surface area contributed by atoms with Gasteiger partial charge in [-0.3, -0.25) is 4.98 Å². The largest absolute Gasteiger partial charge is 0.386 e. The summed E-state index contributed by atoms with van der Waals surface area (Å²) >= 11 is 1.97. The zero-order valence-electron chi connectivity index (χ0n) is 10.6. The average molecular weight is 270 g/mol. The van der Waals surface area contributed by atoms with Crippen molar-refractivity contribution in [1.29, 1.82) is 0 Å². The number of pyridine rings is 1. The summed E-state index contributed by atoms with van der Waals surface area (Å²) in [6.45, 7) is 5.04. The van der Waals surface area contributed by atoms with Gasteiger partial charge in [0.2, 0.25) is 0 Å². The van der Waals surface area contributed by atoms with Crippen molar-refractivity contribution in [2.75, 3.05) is 31.1 Å². The standard InChI is InChI=1S/C13H19FN2OS/c1-10(9-16-4-6-18-7-5-16)13(17)12-3-2-11(14)8-15-12/h2-3,8,10,13,17H,4-7,9H2,1H3. The van der Waals surface area contributed by atoms with Gasteiger partial charge in [-0.05, 0) is 12.1 Å². The van der Waals surface area contributed by atoms with Crippen LogP contribution in [0.15, 0.2) is 18.3 Å². The van der Waals surface area contributed by atoms with Crippen LogP contribution in [0.5, 0.6) is 0 Å². The molecular weight excluding hydrogens is 251 g/mol. The number of halogens is 1. The monoisotopic (exact) mass is 270 g/mol. The van der Waals surface area contributed by atoms with E-state index in [4.69, 9.17) is 0 Å². The Bertz CT molecular complexity index is 368. The highest BCUT2D eigenvalue weighted by atomic mass is 32.2. The third-order valence-electron chi connectivity index (χ3n) is 3.24. The molecule has 1 aliphatic rings. The van der Waals surface area contributed by atoms with E-state index in [1.165, 1.54) is 6.07 Å². The lowest BCUT2D eigenvalue weighted by atomic mass is 10.0. The summed E-state index contributed by atoms with van der Waals surface area (Å²) in [5.74, 6) is 2.06. The fourth-order valence-corrected chi connectivity index (χ4v) is 3.12. The molecule has 2 unspecified atom stereocenters. The maximum absolute atomic E-state index is 12.8. The Morgan fingerprint density at radius 3 is 2.78 bits per heavy atom. The molecule has 1 fully saturated rings. The minimum Gasteiger partial charge on any atom is -0.386 e. The predicted molar refractivity (Wildman–Crippen MR) is 72.1 cm³/mol. The van der Waals surface area contributed by atoms with Crippen molar-refractivity contribution in [3.63, 3.8) is 0 Å². The molecule has 5 heteroatoms. The fraction of sp³-hybridized carbons (Fsp3) is 0.615. The molecule has 18 heavy (non-hydrogen) atoms. The lowest BCUT2D eigenvalue weighted by Crippen LogP contribution is -2.37. The first kappa shape index (κ1) is 13.8. The lowest BCUT2D eigenvalue weighted by molar-refractivity contribution is 0.0874. The molecule has 2 atom stereocenters. The van der Waals surface area contributed by atoms with Crippen LogP contribution < -0.4 is 0 Å². The van der Waals surface area contributed by atoms with Gasteiger partial charge >= 0.3 is 0 Å². The van der Waals surface area contributed by atoms with Crippen LogP contribution in [0.3, 0.4) is 0 Å². The molecule has 1 aromatic rings. The molecule has 1 N–H and O–H groups in total. The van der Waals surface area contributed by atoms with Crippen molar-refractivity contribution < 1.29 is 9.50 Å². The van der Waals surface area contributed by atoms with Crippen LogP contribution >= 0.6 is 11.8 Å². The Hall–Kier alpha value is -0.650. The lowest BCUT2D eigenvalue weighted by Gasteiger charge is -2.30. The second-order valence-electron chi connectivity index (χ2n) is 4.74. The summed E-state index contributed by atoms with van der Waals surface area (Å²) in [5.41, 5.74) is 0.551. The Kier molecular flexibility index (Phi) is 4.97. The van der Waals surface area contributed by atoms with Gasteiger partial charge in [0.1, 0.15) is 5.82 Å². The molecule has 100 valence electrons. The van der Waals surface area contributed by atoms with Gasteiger partial charge in [0.15, 0.2) is 0 Å². The van der Waals surface area contributed by atoms with Gasteiger partial charge in [0, 0.05) is 37.1 Å². The van der Waals surface area contributed by atoms with Crippen molar-refractivity contribution in [3.05, 3.63) is 29.8 Å². The summed E-state index contributed by atoms with van der Waals surface area (Å²) in [6, 6.07) is 2.90. The smallest absolute Gasteiger partial charge is 0.141 e. The molecule has 1 saturated heterocycles. The Morgan fingerprint density at radius 2 is 2.17 bits per heavy atom. The highest BCUT2D eigenvalue weighted by Gasteiger charge is 2.21. The molecule has 0 aliphatic carbocycles. The average Bonchev–Trinajstić information content (AvgIpc) is 2.40. The molecule has 0 saturated carbocycles. The first-order valence-electron chi connectivity index (χ1n) is 6.26. The first-order valence-corrected chi connectivity index (χ1v) is 7.42. The minimum atomic E-state index is -0.625. The van der Waals surface area contributed by atoms with Crippen molar-refractivity contribution >= 4 is 11.8 Å². The van der Waals surface area contributed by atoms with Crippen LogP contribution in [0.25, 0.3) is 0 Å². The van der Waals surface area contributed by atoms with Crippen LogP contribution in [0.1, 0.15) is 18.7 Å². The Labute approximate surface area is 111 Å². The SMILES string of the molecule is CC(CN1CCSCC1)C(O)c1ccc(F)cn1. The number of thioether (sulfide) groups is 1. The third-order valence-corrected chi connectivity index (χ3v) is 4.18. The molecule has 1 aromatic heterocycles. The highest BCUT2D eigenvalue weighted by Crippen LogP contribution is 2.22. The molecule has 1 aliphatic heterocycles. The van der Waals surface area contributed by atoms with E-state index >= 15 is 0 Å². The van der Waals surface area contributed by atoms with Gasteiger partial charge in [0.25, 0.3) is 0 Å². The van der Waals surface area contributed by atoms with E-state index in [2.05, 4.69) is 9.88 Å². The molecular formula is C13H19FN2OS. The van der Waals surface area contributed by atoms with Crippen molar-refractivity contribution in [2.24, 2.45) is 5.92 Å². The number of hydrogen-bond acceptors (Lipinski definition) is 4. The Morgan fingerprint density at radius 1 is 1.44 bits per heavy atom. The maximum atomic E-state index is 12.8. The number of hydrogen-bond donors (Lipinski definition) is 1.